The van der Waals surface area contributed by atoms with E-state index in [4.69, 9.17) is 0 Å². The largest absolute Gasteiger partial charge is 0.480 e. The molecule has 2 aromatic carbocycles. The number of aliphatic carboxylic acids is 1. The standard InChI is InChI=1S/C25H27N5O2S/c1-15-10-16(2)23(17(3)11-15)29-21(24(31)32)12-18-4-6-19(7-5-18)22-13-20(30-33-22)14-28-25-26-8-9-27-25/h4-11,13,21,29H,12,14H2,1-3H3,(H,31,32)(H2,26,27,28). The number of aromatic nitrogens is 3. The molecular formula is C25H27N5O2S. The van der Waals surface area contributed by atoms with Gasteiger partial charge in [-0.2, -0.15) is 4.37 Å². The summed E-state index contributed by atoms with van der Waals surface area (Å²) in [5.41, 5.74) is 7.13. The Kier molecular flexibility index (Phi) is 6.74. The number of aromatic amines is 1. The number of carboxylic acid groups (broad SMARTS) is 1. The van der Waals surface area contributed by atoms with Crippen molar-refractivity contribution < 1.29 is 9.90 Å². The number of H-pyrrole nitrogens is 1. The van der Waals surface area contributed by atoms with Crippen LogP contribution in [-0.4, -0.2) is 31.5 Å². The second kappa shape index (κ2) is 9.87. The van der Waals surface area contributed by atoms with Gasteiger partial charge in [0.25, 0.3) is 0 Å². The molecule has 33 heavy (non-hydrogen) atoms. The van der Waals surface area contributed by atoms with Crippen molar-refractivity contribution in [2.75, 3.05) is 10.6 Å². The van der Waals surface area contributed by atoms with Crippen molar-refractivity contribution >= 4 is 29.1 Å². The summed E-state index contributed by atoms with van der Waals surface area (Å²) in [5.74, 6) is -0.152. The predicted octanol–water partition coefficient (Wildman–Crippen LogP) is 5.18. The lowest BCUT2D eigenvalue weighted by Crippen LogP contribution is -2.32. The lowest BCUT2D eigenvalue weighted by molar-refractivity contribution is -0.137. The van der Waals surface area contributed by atoms with E-state index in [1.165, 1.54) is 17.1 Å². The van der Waals surface area contributed by atoms with Gasteiger partial charge in [-0.05, 0) is 60.6 Å². The van der Waals surface area contributed by atoms with Gasteiger partial charge in [0.1, 0.15) is 6.04 Å². The van der Waals surface area contributed by atoms with E-state index in [9.17, 15) is 9.90 Å². The number of imidazole rings is 1. The molecule has 4 N–H and O–H groups in total. The zero-order valence-corrected chi connectivity index (χ0v) is 19.7. The summed E-state index contributed by atoms with van der Waals surface area (Å²) < 4.78 is 4.51. The first-order valence-electron chi connectivity index (χ1n) is 10.7. The smallest absolute Gasteiger partial charge is 0.326 e. The normalized spacial score (nSPS) is 11.8. The maximum atomic E-state index is 12.0. The molecular weight excluding hydrogens is 434 g/mol. The minimum absolute atomic E-state index is 0.392. The van der Waals surface area contributed by atoms with Crippen molar-refractivity contribution in [2.24, 2.45) is 0 Å². The zero-order valence-electron chi connectivity index (χ0n) is 18.8. The Labute approximate surface area is 197 Å². The van der Waals surface area contributed by atoms with Crippen LogP contribution < -0.4 is 10.6 Å². The number of nitrogens with one attached hydrogen (secondary N) is 3. The van der Waals surface area contributed by atoms with Crippen LogP contribution in [0.3, 0.4) is 0 Å². The summed E-state index contributed by atoms with van der Waals surface area (Å²) in [6.45, 7) is 6.64. The fraction of sp³-hybridized carbons (Fsp3) is 0.240. The predicted molar refractivity (Wildman–Crippen MR) is 133 cm³/mol. The highest BCUT2D eigenvalue weighted by molar-refractivity contribution is 7.09. The molecule has 4 aromatic rings. The summed E-state index contributed by atoms with van der Waals surface area (Å²) >= 11 is 1.44. The number of carboxylic acids is 1. The van der Waals surface area contributed by atoms with Crippen LogP contribution in [0.5, 0.6) is 0 Å². The van der Waals surface area contributed by atoms with Gasteiger partial charge in [0, 0.05) is 24.5 Å². The van der Waals surface area contributed by atoms with Crippen molar-refractivity contribution in [3.8, 4) is 10.4 Å². The van der Waals surface area contributed by atoms with E-state index in [0.717, 1.165) is 38.5 Å². The Balaban J connectivity index is 1.42. The topological polar surface area (TPSA) is 103 Å². The molecule has 0 radical (unpaired) electrons. The summed E-state index contributed by atoms with van der Waals surface area (Å²) in [6.07, 6.45) is 3.86. The molecule has 0 saturated carbocycles. The van der Waals surface area contributed by atoms with Gasteiger partial charge in [-0.1, -0.05) is 42.0 Å². The van der Waals surface area contributed by atoms with Gasteiger partial charge >= 0.3 is 5.97 Å². The number of hydrogen-bond donors (Lipinski definition) is 4. The first kappa shape index (κ1) is 22.5. The number of benzene rings is 2. The Bertz CT molecular complexity index is 1210. The number of aryl methyl sites for hydroxylation is 3. The van der Waals surface area contributed by atoms with Crippen LogP contribution in [0.2, 0.25) is 0 Å². The van der Waals surface area contributed by atoms with E-state index in [1.807, 2.05) is 45.0 Å². The maximum absolute atomic E-state index is 12.0. The molecule has 0 amide bonds. The number of rotatable bonds is 9. The van der Waals surface area contributed by atoms with Crippen LogP contribution in [0.15, 0.2) is 54.9 Å². The zero-order chi connectivity index (χ0) is 23.4. The van der Waals surface area contributed by atoms with E-state index in [-0.39, 0.29) is 0 Å². The quantitative estimate of drug-likeness (QED) is 0.274. The SMILES string of the molecule is Cc1cc(C)c(NC(Cc2ccc(-c3cc(CNc4ncc[nH]4)ns3)cc2)C(=O)O)c(C)c1. The lowest BCUT2D eigenvalue weighted by Gasteiger charge is -2.20. The Morgan fingerprint density at radius 2 is 1.85 bits per heavy atom. The van der Waals surface area contributed by atoms with E-state index < -0.39 is 12.0 Å². The molecule has 2 aromatic heterocycles. The first-order chi connectivity index (χ1) is 15.9. The van der Waals surface area contributed by atoms with Gasteiger partial charge in [-0.3, -0.25) is 0 Å². The molecule has 1 atom stereocenters. The van der Waals surface area contributed by atoms with Crippen molar-refractivity contribution in [3.63, 3.8) is 0 Å². The maximum Gasteiger partial charge on any atom is 0.326 e. The molecule has 0 aliphatic rings. The summed E-state index contributed by atoms with van der Waals surface area (Å²) in [4.78, 5) is 20.2. The highest BCUT2D eigenvalue weighted by Gasteiger charge is 2.20. The monoisotopic (exact) mass is 461 g/mol. The molecule has 4 rings (SSSR count). The third kappa shape index (κ3) is 5.59. The average Bonchev–Trinajstić information content (AvgIpc) is 3.46. The summed E-state index contributed by atoms with van der Waals surface area (Å²) in [7, 11) is 0. The van der Waals surface area contributed by atoms with Crippen molar-refractivity contribution in [2.45, 2.75) is 39.8 Å². The fourth-order valence-electron chi connectivity index (χ4n) is 3.89. The molecule has 0 spiro atoms. The molecule has 1 unspecified atom stereocenters. The number of anilines is 2. The molecule has 170 valence electrons. The Morgan fingerprint density at radius 3 is 2.48 bits per heavy atom. The second-order valence-electron chi connectivity index (χ2n) is 8.18. The van der Waals surface area contributed by atoms with E-state index in [2.05, 4.69) is 43.2 Å². The Morgan fingerprint density at radius 1 is 1.12 bits per heavy atom. The van der Waals surface area contributed by atoms with E-state index in [0.29, 0.717) is 18.9 Å². The molecule has 8 heteroatoms. The molecule has 0 aliphatic heterocycles. The number of nitrogens with zero attached hydrogens (tertiary/aromatic N) is 2. The third-order valence-corrected chi connectivity index (χ3v) is 6.34. The third-order valence-electron chi connectivity index (χ3n) is 5.47. The number of hydrogen-bond acceptors (Lipinski definition) is 6. The number of carbonyl (C=O) groups is 1. The van der Waals surface area contributed by atoms with Gasteiger partial charge in [0.15, 0.2) is 5.95 Å². The van der Waals surface area contributed by atoms with Crippen LogP contribution in [0.1, 0.15) is 27.9 Å². The fourth-order valence-corrected chi connectivity index (χ4v) is 4.65. The summed E-state index contributed by atoms with van der Waals surface area (Å²) in [5, 5.41) is 16.2. The van der Waals surface area contributed by atoms with E-state index >= 15 is 0 Å². The van der Waals surface area contributed by atoms with Crippen LogP contribution in [0, 0.1) is 20.8 Å². The minimum Gasteiger partial charge on any atom is -0.480 e. The molecule has 0 bridgehead atoms. The summed E-state index contributed by atoms with van der Waals surface area (Å²) in [6, 6.07) is 13.5. The van der Waals surface area contributed by atoms with Crippen LogP contribution in [-0.2, 0) is 17.8 Å². The highest BCUT2D eigenvalue weighted by Crippen LogP contribution is 2.27. The van der Waals surface area contributed by atoms with Gasteiger partial charge in [0.2, 0.25) is 0 Å². The molecule has 7 nitrogen and oxygen atoms in total. The highest BCUT2D eigenvalue weighted by atomic mass is 32.1. The van der Waals surface area contributed by atoms with E-state index in [1.54, 1.807) is 12.4 Å². The van der Waals surface area contributed by atoms with Crippen molar-refractivity contribution in [1.29, 1.82) is 0 Å². The van der Waals surface area contributed by atoms with Gasteiger partial charge < -0.3 is 20.7 Å². The van der Waals surface area contributed by atoms with Gasteiger partial charge in [-0.25, -0.2) is 9.78 Å². The van der Waals surface area contributed by atoms with Crippen LogP contribution in [0.25, 0.3) is 10.4 Å². The lowest BCUT2D eigenvalue weighted by atomic mass is 10.0. The van der Waals surface area contributed by atoms with Crippen LogP contribution in [0.4, 0.5) is 11.6 Å². The van der Waals surface area contributed by atoms with Gasteiger partial charge in [-0.15, -0.1) is 0 Å². The minimum atomic E-state index is -0.866. The van der Waals surface area contributed by atoms with Crippen molar-refractivity contribution in [3.05, 3.63) is 82.8 Å². The second-order valence-corrected chi connectivity index (χ2v) is 8.99. The molecule has 2 heterocycles. The van der Waals surface area contributed by atoms with Crippen molar-refractivity contribution in [1.82, 2.24) is 14.3 Å². The first-order valence-corrected chi connectivity index (χ1v) is 11.5. The van der Waals surface area contributed by atoms with Gasteiger partial charge in [0.05, 0.1) is 17.1 Å². The molecule has 0 aliphatic carbocycles. The van der Waals surface area contributed by atoms with Crippen LogP contribution >= 0.6 is 11.5 Å². The molecule has 0 saturated heterocycles. The average molecular weight is 462 g/mol. The Hall–Kier alpha value is -3.65. The molecule has 0 fully saturated rings.